The summed E-state index contributed by atoms with van der Waals surface area (Å²) in [4.78, 5) is 18.5. The third kappa shape index (κ3) is 6.35. The van der Waals surface area contributed by atoms with E-state index in [4.69, 9.17) is 14.6 Å². The zero-order chi connectivity index (χ0) is 28.3. The van der Waals surface area contributed by atoms with Gasteiger partial charge in [-0.2, -0.15) is 19.0 Å². The molecule has 0 bridgehead atoms. The van der Waals surface area contributed by atoms with Gasteiger partial charge in [-0.1, -0.05) is 0 Å². The molecule has 216 valence electrons. The predicted octanol–water partition coefficient (Wildman–Crippen LogP) is 3.44. The highest BCUT2D eigenvalue weighted by Crippen LogP contribution is 2.39. The summed E-state index contributed by atoms with van der Waals surface area (Å²) in [5.41, 5.74) is 1.63. The van der Waals surface area contributed by atoms with Gasteiger partial charge in [-0.3, -0.25) is 9.48 Å². The normalized spacial score (nSPS) is 18.8. The average Bonchev–Trinajstić information content (AvgIpc) is 3.52. The molecule has 1 saturated carbocycles. The molecule has 1 aromatic carbocycles. The number of nitrogens with one attached hydrogen (secondary N) is 2. The number of carbonyl (C=O) groups excluding carboxylic acids is 1. The van der Waals surface area contributed by atoms with E-state index in [1.807, 2.05) is 0 Å². The number of fused-ring (bicyclic) bond motifs is 1. The number of amides is 1. The number of benzene rings is 1. The number of halogens is 2. The van der Waals surface area contributed by atoms with Crippen LogP contribution in [0.2, 0.25) is 0 Å². The van der Waals surface area contributed by atoms with Gasteiger partial charge in [-0.05, 0) is 50.1 Å². The van der Waals surface area contributed by atoms with Gasteiger partial charge in [-0.25, -0.2) is 9.50 Å². The SMILES string of the molecule is O=C(Nc1cn(CCCN[C@H]2C[C@H](O)C2)nc1-c1cc(SC2COC2)ccc1OC(F)F)c1cnn2cccnc12. The minimum absolute atomic E-state index is 0.0437. The summed E-state index contributed by atoms with van der Waals surface area (Å²) in [6.07, 6.45) is 8.36. The zero-order valence-corrected chi connectivity index (χ0v) is 22.8. The van der Waals surface area contributed by atoms with Crippen LogP contribution in [-0.2, 0) is 11.3 Å². The maximum Gasteiger partial charge on any atom is 0.387 e. The van der Waals surface area contributed by atoms with Gasteiger partial charge >= 0.3 is 6.61 Å². The number of aryl methyl sites for hydroxylation is 1. The van der Waals surface area contributed by atoms with Crippen LogP contribution in [0.25, 0.3) is 16.9 Å². The highest BCUT2D eigenvalue weighted by Gasteiger charge is 2.27. The molecule has 3 N–H and O–H groups in total. The highest BCUT2D eigenvalue weighted by molar-refractivity contribution is 8.00. The fraction of sp³-hybridized carbons (Fsp3) is 0.407. The number of anilines is 1. The number of aliphatic hydroxyl groups is 1. The molecule has 0 atom stereocenters. The van der Waals surface area contributed by atoms with Gasteiger partial charge in [0, 0.05) is 41.6 Å². The Labute approximate surface area is 238 Å². The first-order valence-electron chi connectivity index (χ1n) is 13.3. The Morgan fingerprint density at radius 1 is 1.29 bits per heavy atom. The van der Waals surface area contributed by atoms with E-state index < -0.39 is 12.5 Å². The fourth-order valence-corrected chi connectivity index (χ4v) is 5.79. The molecule has 11 nitrogen and oxygen atoms in total. The first kappa shape index (κ1) is 27.6. The van der Waals surface area contributed by atoms with Crippen LogP contribution in [0.1, 0.15) is 29.6 Å². The lowest BCUT2D eigenvalue weighted by Crippen LogP contribution is -2.44. The monoisotopic (exact) mass is 585 g/mol. The summed E-state index contributed by atoms with van der Waals surface area (Å²) >= 11 is 1.58. The van der Waals surface area contributed by atoms with Crippen molar-refractivity contribution in [2.75, 3.05) is 25.1 Å². The van der Waals surface area contributed by atoms with Crippen LogP contribution < -0.4 is 15.4 Å². The molecule has 0 radical (unpaired) electrons. The number of nitrogens with zero attached hydrogens (tertiary/aromatic N) is 5. The van der Waals surface area contributed by atoms with Gasteiger partial charge in [0.25, 0.3) is 5.91 Å². The van der Waals surface area contributed by atoms with Crippen molar-refractivity contribution in [3.63, 3.8) is 0 Å². The van der Waals surface area contributed by atoms with Crippen LogP contribution in [0.5, 0.6) is 5.75 Å². The summed E-state index contributed by atoms with van der Waals surface area (Å²) in [6.45, 7) is -0.562. The van der Waals surface area contributed by atoms with E-state index in [1.54, 1.807) is 53.2 Å². The predicted molar refractivity (Wildman–Crippen MR) is 147 cm³/mol. The van der Waals surface area contributed by atoms with Crippen LogP contribution >= 0.6 is 11.8 Å². The Kier molecular flexibility index (Phi) is 8.14. The molecule has 1 aliphatic heterocycles. The molecular weight excluding hydrogens is 556 g/mol. The molecule has 14 heteroatoms. The second kappa shape index (κ2) is 12.1. The Morgan fingerprint density at radius 3 is 2.90 bits per heavy atom. The van der Waals surface area contributed by atoms with Crippen molar-refractivity contribution in [3.05, 3.63) is 54.6 Å². The lowest BCUT2D eigenvalue weighted by atomic mass is 9.89. The van der Waals surface area contributed by atoms with E-state index in [2.05, 4.69) is 20.7 Å². The second-order valence-electron chi connectivity index (χ2n) is 10.00. The summed E-state index contributed by atoms with van der Waals surface area (Å²) < 4.78 is 40.1. The molecule has 2 fully saturated rings. The number of carbonyl (C=O) groups is 1. The molecule has 0 unspecified atom stereocenters. The summed E-state index contributed by atoms with van der Waals surface area (Å²) in [6, 6.07) is 7.00. The van der Waals surface area contributed by atoms with Crippen molar-refractivity contribution in [2.45, 2.75) is 54.7 Å². The van der Waals surface area contributed by atoms with E-state index >= 15 is 0 Å². The van der Waals surface area contributed by atoms with E-state index in [0.29, 0.717) is 48.4 Å². The Bertz CT molecular complexity index is 1520. The molecule has 1 amide bonds. The van der Waals surface area contributed by atoms with Gasteiger partial charge in [0.2, 0.25) is 0 Å². The number of hydrogen-bond acceptors (Lipinski definition) is 9. The minimum atomic E-state index is -3.03. The van der Waals surface area contributed by atoms with Crippen molar-refractivity contribution in [2.24, 2.45) is 0 Å². The van der Waals surface area contributed by atoms with Crippen LogP contribution in [0, 0.1) is 0 Å². The number of ether oxygens (including phenoxy) is 2. The largest absolute Gasteiger partial charge is 0.434 e. The molecular formula is C27H29F2N7O4S. The van der Waals surface area contributed by atoms with Crippen LogP contribution in [0.3, 0.4) is 0 Å². The number of alkyl halides is 2. The molecule has 1 saturated heterocycles. The van der Waals surface area contributed by atoms with E-state index in [1.165, 1.54) is 16.8 Å². The van der Waals surface area contributed by atoms with E-state index in [0.717, 1.165) is 30.7 Å². The van der Waals surface area contributed by atoms with Gasteiger partial charge in [0.05, 0.1) is 36.5 Å². The van der Waals surface area contributed by atoms with Gasteiger partial charge in [-0.15, -0.1) is 11.8 Å². The molecule has 41 heavy (non-hydrogen) atoms. The van der Waals surface area contributed by atoms with Crippen molar-refractivity contribution >= 4 is 29.0 Å². The van der Waals surface area contributed by atoms with Crippen molar-refractivity contribution in [1.29, 1.82) is 0 Å². The summed E-state index contributed by atoms with van der Waals surface area (Å²) in [5.74, 6) is -0.504. The van der Waals surface area contributed by atoms with Crippen LogP contribution in [0.15, 0.2) is 53.9 Å². The summed E-state index contributed by atoms with van der Waals surface area (Å²) in [7, 11) is 0. The number of aliphatic hydroxyl groups excluding tert-OH is 1. The first-order chi connectivity index (χ1) is 19.9. The maximum atomic E-state index is 13.4. The molecule has 4 heterocycles. The Balaban J connectivity index is 1.29. The standard InChI is InChI=1S/C27H29F2N7O4S/c28-27(29)40-23-4-3-18(41-19-14-39-15-19)11-20(23)24-22(13-35(34-24)7-1-5-30-16-9-17(37)10-16)33-26(38)21-12-32-36-8-2-6-31-25(21)36/h2-4,6,8,11-13,16-17,19,27,30,37H,1,5,7,9-10,14-15H2,(H,33,38)/t16-,17-. The smallest absolute Gasteiger partial charge is 0.387 e. The quantitative estimate of drug-likeness (QED) is 0.214. The molecule has 3 aromatic heterocycles. The molecule has 6 rings (SSSR count). The highest BCUT2D eigenvalue weighted by atomic mass is 32.2. The molecule has 2 aliphatic rings. The third-order valence-electron chi connectivity index (χ3n) is 6.98. The minimum Gasteiger partial charge on any atom is -0.434 e. The molecule has 4 aromatic rings. The number of rotatable bonds is 12. The second-order valence-corrected chi connectivity index (χ2v) is 11.4. The van der Waals surface area contributed by atoms with Gasteiger partial charge < -0.3 is 25.2 Å². The zero-order valence-electron chi connectivity index (χ0n) is 22.0. The number of hydrogen-bond donors (Lipinski definition) is 3. The lowest BCUT2D eigenvalue weighted by molar-refractivity contribution is -0.0495. The molecule has 0 spiro atoms. The number of aromatic nitrogens is 5. The average molecular weight is 586 g/mol. The third-order valence-corrected chi connectivity index (χ3v) is 8.11. The van der Waals surface area contributed by atoms with Crippen LogP contribution in [-0.4, -0.2) is 79.2 Å². The van der Waals surface area contributed by atoms with Crippen molar-refractivity contribution in [3.8, 4) is 17.0 Å². The van der Waals surface area contributed by atoms with Crippen molar-refractivity contribution in [1.82, 2.24) is 29.7 Å². The Morgan fingerprint density at radius 2 is 2.15 bits per heavy atom. The maximum absolute atomic E-state index is 13.4. The first-order valence-corrected chi connectivity index (χ1v) is 14.2. The van der Waals surface area contributed by atoms with E-state index in [-0.39, 0.29) is 22.7 Å². The van der Waals surface area contributed by atoms with Crippen molar-refractivity contribution < 1.29 is 28.2 Å². The Hall–Kier alpha value is -3.59. The van der Waals surface area contributed by atoms with Gasteiger partial charge in [0.1, 0.15) is 17.0 Å². The van der Waals surface area contributed by atoms with Gasteiger partial charge in [0.15, 0.2) is 5.65 Å². The summed E-state index contributed by atoms with van der Waals surface area (Å²) in [5, 5.41) is 24.9. The topological polar surface area (TPSA) is 128 Å². The molecule has 1 aliphatic carbocycles. The fourth-order valence-electron chi connectivity index (χ4n) is 4.75. The van der Waals surface area contributed by atoms with E-state index in [9.17, 15) is 18.7 Å². The van der Waals surface area contributed by atoms with Crippen LogP contribution in [0.4, 0.5) is 14.5 Å². The lowest BCUT2D eigenvalue weighted by Gasteiger charge is -2.32. The number of thioether (sulfide) groups is 1.